The van der Waals surface area contributed by atoms with Crippen LogP contribution in [0, 0.1) is 11.7 Å². The van der Waals surface area contributed by atoms with Crippen molar-refractivity contribution in [3.8, 4) is 0 Å². The molecule has 1 aromatic carbocycles. The highest BCUT2D eigenvalue weighted by atomic mass is 19.1. The van der Waals surface area contributed by atoms with Crippen molar-refractivity contribution in [3.63, 3.8) is 0 Å². The highest BCUT2D eigenvalue weighted by Crippen LogP contribution is 2.21. The minimum Gasteiger partial charge on any atom is -0.449 e. The first kappa shape index (κ1) is 15.3. The van der Waals surface area contributed by atoms with E-state index in [4.69, 9.17) is 4.74 Å². The lowest BCUT2D eigenvalue weighted by atomic mass is 9.84. The number of fused-ring (bicyclic) bond motifs is 1. The molecule has 2 aliphatic heterocycles. The fraction of sp³-hybridized carbons (Fsp3) is 0.588. The number of anilines is 1. The molecule has 0 saturated carbocycles. The number of benzene rings is 1. The summed E-state index contributed by atoms with van der Waals surface area (Å²) < 4.78 is 18.9. The largest absolute Gasteiger partial charge is 0.449 e. The number of halogens is 1. The minimum atomic E-state index is -0.562. The molecule has 5 heteroatoms. The highest BCUT2D eigenvalue weighted by molar-refractivity contribution is 5.84. The SMILES string of the molecule is O=C(Nc1ccccc1F)OC[C@H]1CCC[NH+]2CCCC[C@H]12. The lowest BCUT2D eigenvalue weighted by molar-refractivity contribution is -0.940. The van der Waals surface area contributed by atoms with Gasteiger partial charge in [0.15, 0.2) is 0 Å². The van der Waals surface area contributed by atoms with Gasteiger partial charge in [0.1, 0.15) is 12.4 Å². The zero-order valence-corrected chi connectivity index (χ0v) is 12.8. The maximum absolute atomic E-state index is 13.5. The van der Waals surface area contributed by atoms with Crippen LogP contribution in [0.5, 0.6) is 0 Å². The standard InChI is InChI=1S/C17H23FN2O2/c18-14-7-1-2-8-15(14)19-17(21)22-12-13-6-5-11-20-10-4-3-9-16(13)20/h1-2,7-8,13,16H,3-6,9-12H2,(H,19,21)/p+1/t13-,16-/m1/s1. The van der Waals surface area contributed by atoms with Crippen LogP contribution >= 0.6 is 0 Å². The van der Waals surface area contributed by atoms with E-state index < -0.39 is 11.9 Å². The zero-order valence-electron chi connectivity index (χ0n) is 12.8. The van der Waals surface area contributed by atoms with Gasteiger partial charge >= 0.3 is 6.09 Å². The average molecular weight is 307 g/mol. The van der Waals surface area contributed by atoms with Crippen LogP contribution in [-0.2, 0) is 4.74 Å². The van der Waals surface area contributed by atoms with E-state index in [0.29, 0.717) is 18.6 Å². The quantitative estimate of drug-likeness (QED) is 0.899. The van der Waals surface area contributed by atoms with Gasteiger partial charge in [-0.25, -0.2) is 9.18 Å². The first-order chi connectivity index (χ1) is 10.7. The Bertz CT molecular complexity index is 521. The summed E-state index contributed by atoms with van der Waals surface area (Å²) in [4.78, 5) is 13.5. The van der Waals surface area contributed by atoms with Gasteiger partial charge in [0, 0.05) is 5.92 Å². The van der Waals surface area contributed by atoms with Crippen molar-refractivity contribution in [1.29, 1.82) is 0 Å². The molecule has 2 aliphatic rings. The van der Waals surface area contributed by atoms with Gasteiger partial charge in [-0.2, -0.15) is 0 Å². The van der Waals surface area contributed by atoms with Crippen molar-refractivity contribution < 1.29 is 18.8 Å². The maximum Gasteiger partial charge on any atom is 0.411 e. The van der Waals surface area contributed by atoms with E-state index in [-0.39, 0.29) is 5.69 Å². The van der Waals surface area contributed by atoms with Crippen molar-refractivity contribution in [2.75, 3.05) is 25.0 Å². The molecule has 0 radical (unpaired) electrons. The second kappa shape index (κ2) is 7.09. The molecule has 2 fully saturated rings. The number of para-hydroxylation sites is 1. The van der Waals surface area contributed by atoms with E-state index in [0.717, 1.165) is 6.42 Å². The third kappa shape index (κ3) is 3.58. The number of piperidine rings is 2. The molecule has 1 amide bonds. The number of carbonyl (C=O) groups excluding carboxylic acids is 1. The van der Waals surface area contributed by atoms with Gasteiger partial charge in [-0.15, -0.1) is 0 Å². The Labute approximate surface area is 130 Å². The number of hydrogen-bond donors (Lipinski definition) is 2. The summed E-state index contributed by atoms with van der Waals surface area (Å²) in [6, 6.07) is 6.76. The fourth-order valence-corrected chi connectivity index (χ4v) is 3.87. The average Bonchev–Trinajstić information content (AvgIpc) is 2.55. The third-order valence-corrected chi connectivity index (χ3v) is 4.97. The van der Waals surface area contributed by atoms with E-state index in [1.54, 1.807) is 17.0 Å². The third-order valence-electron chi connectivity index (χ3n) is 4.97. The van der Waals surface area contributed by atoms with Crippen molar-refractivity contribution >= 4 is 11.8 Å². The predicted octanol–water partition coefficient (Wildman–Crippen LogP) is 2.22. The predicted molar refractivity (Wildman–Crippen MR) is 82.4 cm³/mol. The molecule has 2 saturated heterocycles. The number of carbonyl (C=O) groups is 1. The monoisotopic (exact) mass is 307 g/mol. The molecule has 4 nitrogen and oxygen atoms in total. The Balaban J connectivity index is 1.51. The Kier molecular flexibility index (Phi) is 4.93. The molecule has 0 bridgehead atoms. The highest BCUT2D eigenvalue weighted by Gasteiger charge is 2.37. The first-order valence-electron chi connectivity index (χ1n) is 8.27. The number of rotatable bonds is 3. The van der Waals surface area contributed by atoms with Crippen LogP contribution in [0.15, 0.2) is 24.3 Å². The summed E-state index contributed by atoms with van der Waals surface area (Å²) in [5.41, 5.74) is 0.168. The van der Waals surface area contributed by atoms with Gasteiger partial charge in [-0.05, 0) is 44.2 Å². The molecule has 120 valence electrons. The van der Waals surface area contributed by atoms with Crippen LogP contribution in [0.2, 0.25) is 0 Å². The van der Waals surface area contributed by atoms with Crippen molar-refractivity contribution in [1.82, 2.24) is 0 Å². The molecule has 22 heavy (non-hydrogen) atoms. The van der Waals surface area contributed by atoms with Gasteiger partial charge in [0.2, 0.25) is 0 Å². The summed E-state index contributed by atoms with van der Waals surface area (Å²) in [7, 11) is 0. The van der Waals surface area contributed by atoms with E-state index >= 15 is 0 Å². The minimum absolute atomic E-state index is 0.168. The second-order valence-corrected chi connectivity index (χ2v) is 6.37. The summed E-state index contributed by atoms with van der Waals surface area (Å²) in [6.45, 7) is 2.94. The Morgan fingerprint density at radius 1 is 1.23 bits per heavy atom. The Morgan fingerprint density at radius 2 is 2.05 bits per heavy atom. The van der Waals surface area contributed by atoms with Crippen LogP contribution in [0.4, 0.5) is 14.9 Å². The second-order valence-electron chi connectivity index (χ2n) is 6.37. The maximum atomic E-state index is 13.5. The van der Waals surface area contributed by atoms with Crippen molar-refractivity contribution in [3.05, 3.63) is 30.1 Å². The van der Waals surface area contributed by atoms with Crippen LogP contribution in [-0.4, -0.2) is 31.8 Å². The lowest BCUT2D eigenvalue weighted by Crippen LogP contribution is -3.18. The molecular formula is C17H24FN2O2+. The molecule has 1 unspecified atom stereocenters. The summed E-state index contributed by atoms with van der Waals surface area (Å²) in [6.07, 6.45) is 5.60. The lowest BCUT2D eigenvalue weighted by Gasteiger charge is -2.40. The van der Waals surface area contributed by atoms with Crippen LogP contribution in [0.25, 0.3) is 0 Å². The topological polar surface area (TPSA) is 42.8 Å². The Morgan fingerprint density at radius 3 is 2.91 bits per heavy atom. The van der Waals surface area contributed by atoms with Gasteiger partial charge in [0.25, 0.3) is 0 Å². The number of ether oxygens (including phenoxy) is 1. The van der Waals surface area contributed by atoms with Gasteiger partial charge in [0.05, 0.1) is 24.8 Å². The van der Waals surface area contributed by atoms with E-state index in [2.05, 4.69) is 5.32 Å². The van der Waals surface area contributed by atoms with Gasteiger partial charge in [-0.3, -0.25) is 5.32 Å². The first-order valence-corrected chi connectivity index (χ1v) is 8.27. The van der Waals surface area contributed by atoms with Crippen LogP contribution in [0.3, 0.4) is 0 Å². The summed E-state index contributed by atoms with van der Waals surface area (Å²) >= 11 is 0. The molecule has 0 aromatic heterocycles. The van der Waals surface area contributed by atoms with E-state index in [1.807, 2.05) is 0 Å². The van der Waals surface area contributed by atoms with Gasteiger partial charge < -0.3 is 9.64 Å². The van der Waals surface area contributed by atoms with E-state index in [1.165, 1.54) is 50.9 Å². The van der Waals surface area contributed by atoms with Crippen molar-refractivity contribution in [2.45, 2.75) is 38.1 Å². The normalized spacial score (nSPS) is 27.8. The van der Waals surface area contributed by atoms with Crippen LogP contribution < -0.4 is 10.2 Å². The molecule has 3 atom stereocenters. The van der Waals surface area contributed by atoms with Crippen LogP contribution in [0.1, 0.15) is 32.1 Å². The Hall–Kier alpha value is -1.62. The smallest absolute Gasteiger partial charge is 0.411 e. The molecular weight excluding hydrogens is 283 g/mol. The number of quaternary nitrogens is 1. The number of nitrogens with one attached hydrogen (secondary N) is 2. The summed E-state index contributed by atoms with van der Waals surface area (Å²) in [5, 5.41) is 2.48. The fourth-order valence-electron chi connectivity index (χ4n) is 3.87. The zero-order chi connectivity index (χ0) is 15.4. The van der Waals surface area contributed by atoms with Gasteiger partial charge in [-0.1, -0.05) is 12.1 Å². The number of amides is 1. The molecule has 2 heterocycles. The number of hydrogen-bond acceptors (Lipinski definition) is 2. The molecule has 0 aliphatic carbocycles. The van der Waals surface area contributed by atoms with Crippen molar-refractivity contribution in [2.24, 2.45) is 5.92 Å². The molecule has 3 rings (SSSR count). The molecule has 1 aromatic rings. The summed E-state index contributed by atoms with van der Waals surface area (Å²) in [5.74, 6) is -0.00423. The van der Waals surface area contributed by atoms with E-state index in [9.17, 15) is 9.18 Å². The molecule has 0 spiro atoms. The molecule has 2 N–H and O–H groups in total.